The van der Waals surface area contributed by atoms with E-state index in [0.29, 0.717) is 6.54 Å². The molecule has 19 heavy (non-hydrogen) atoms. The van der Waals surface area contributed by atoms with Gasteiger partial charge in [0.15, 0.2) is 0 Å². The zero-order valence-electron chi connectivity index (χ0n) is 11.2. The number of para-hydroxylation sites is 1. The summed E-state index contributed by atoms with van der Waals surface area (Å²) in [6.45, 7) is 4.92. The lowest BCUT2D eigenvalue weighted by Gasteiger charge is -2.08. The molecular formula is C17H17NO. The topological polar surface area (TPSA) is 25.2 Å². The first-order chi connectivity index (χ1) is 9.22. The average Bonchev–Trinajstić information content (AvgIpc) is 2.82. The summed E-state index contributed by atoms with van der Waals surface area (Å²) in [5.41, 5.74) is 4.63. The Labute approximate surface area is 113 Å². The molecule has 3 rings (SSSR count). The number of hydrogen-bond acceptors (Lipinski definition) is 2. The minimum atomic E-state index is 0.707. The summed E-state index contributed by atoms with van der Waals surface area (Å²) in [6, 6.07) is 16.6. The molecule has 1 aromatic heterocycles. The van der Waals surface area contributed by atoms with Crippen molar-refractivity contribution >= 4 is 16.7 Å². The third-order valence-corrected chi connectivity index (χ3v) is 3.32. The van der Waals surface area contributed by atoms with Gasteiger partial charge in [0.05, 0.1) is 6.54 Å². The van der Waals surface area contributed by atoms with Crippen molar-refractivity contribution in [1.82, 2.24) is 0 Å². The van der Waals surface area contributed by atoms with Crippen LogP contribution in [0.15, 0.2) is 52.9 Å². The lowest BCUT2D eigenvalue weighted by Crippen LogP contribution is -2.00. The van der Waals surface area contributed by atoms with Gasteiger partial charge in [0.25, 0.3) is 0 Å². The highest BCUT2D eigenvalue weighted by Crippen LogP contribution is 2.21. The fourth-order valence-corrected chi connectivity index (χ4v) is 2.23. The summed E-state index contributed by atoms with van der Waals surface area (Å²) < 4.78 is 5.80. The summed E-state index contributed by atoms with van der Waals surface area (Å²) in [5.74, 6) is 0.960. The van der Waals surface area contributed by atoms with Gasteiger partial charge in [-0.3, -0.25) is 0 Å². The van der Waals surface area contributed by atoms with Gasteiger partial charge >= 0.3 is 0 Å². The van der Waals surface area contributed by atoms with Crippen LogP contribution < -0.4 is 5.32 Å². The Morgan fingerprint density at radius 1 is 1.00 bits per heavy atom. The van der Waals surface area contributed by atoms with E-state index in [-0.39, 0.29) is 0 Å². The number of aryl methyl sites for hydroxylation is 2. The Morgan fingerprint density at radius 2 is 1.84 bits per heavy atom. The van der Waals surface area contributed by atoms with Crippen LogP contribution in [0, 0.1) is 13.8 Å². The molecule has 96 valence electrons. The molecule has 1 N–H and O–H groups in total. The number of rotatable bonds is 3. The Kier molecular flexibility index (Phi) is 3.00. The molecule has 0 amide bonds. The molecule has 3 aromatic rings. The molecule has 0 saturated heterocycles. The van der Waals surface area contributed by atoms with Gasteiger partial charge in [-0.05, 0) is 43.2 Å². The molecule has 1 heterocycles. The second-order valence-corrected chi connectivity index (χ2v) is 4.92. The second-order valence-electron chi connectivity index (χ2n) is 4.92. The van der Waals surface area contributed by atoms with Crippen LogP contribution in [0.2, 0.25) is 0 Å². The van der Waals surface area contributed by atoms with Crippen LogP contribution in [-0.2, 0) is 6.54 Å². The van der Waals surface area contributed by atoms with Crippen LogP contribution >= 0.6 is 0 Å². The van der Waals surface area contributed by atoms with Crippen LogP contribution in [0.5, 0.6) is 0 Å². The number of nitrogens with one attached hydrogen (secondary N) is 1. The van der Waals surface area contributed by atoms with E-state index < -0.39 is 0 Å². The molecule has 0 spiro atoms. The maximum absolute atomic E-state index is 5.80. The smallest absolute Gasteiger partial charge is 0.134 e. The lowest BCUT2D eigenvalue weighted by molar-refractivity contribution is 0.559. The van der Waals surface area contributed by atoms with Crippen molar-refractivity contribution in [2.45, 2.75) is 20.4 Å². The highest BCUT2D eigenvalue weighted by atomic mass is 16.3. The summed E-state index contributed by atoms with van der Waals surface area (Å²) in [6.07, 6.45) is 0. The number of benzene rings is 2. The Hall–Kier alpha value is -2.22. The lowest BCUT2D eigenvalue weighted by atomic mass is 10.1. The quantitative estimate of drug-likeness (QED) is 0.732. The predicted molar refractivity (Wildman–Crippen MR) is 79.5 cm³/mol. The SMILES string of the molecule is Cc1ccc(C)c(NCc2cc3ccccc3o2)c1. The largest absolute Gasteiger partial charge is 0.459 e. The summed E-state index contributed by atoms with van der Waals surface area (Å²) in [7, 11) is 0. The van der Waals surface area contributed by atoms with Gasteiger partial charge in [0.2, 0.25) is 0 Å². The highest BCUT2D eigenvalue weighted by molar-refractivity contribution is 5.77. The zero-order chi connectivity index (χ0) is 13.2. The van der Waals surface area contributed by atoms with Crippen molar-refractivity contribution < 1.29 is 4.42 Å². The molecular weight excluding hydrogens is 234 g/mol. The van der Waals surface area contributed by atoms with E-state index in [0.717, 1.165) is 16.7 Å². The van der Waals surface area contributed by atoms with E-state index >= 15 is 0 Å². The molecule has 2 aromatic carbocycles. The number of furan rings is 1. The van der Waals surface area contributed by atoms with Gasteiger partial charge in [-0.25, -0.2) is 0 Å². The minimum Gasteiger partial charge on any atom is -0.459 e. The zero-order valence-corrected chi connectivity index (χ0v) is 11.2. The van der Waals surface area contributed by atoms with E-state index in [4.69, 9.17) is 4.42 Å². The Morgan fingerprint density at radius 3 is 2.68 bits per heavy atom. The maximum Gasteiger partial charge on any atom is 0.134 e. The van der Waals surface area contributed by atoms with Crippen molar-refractivity contribution in [2.75, 3.05) is 5.32 Å². The number of anilines is 1. The van der Waals surface area contributed by atoms with Gasteiger partial charge in [0.1, 0.15) is 11.3 Å². The minimum absolute atomic E-state index is 0.707. The molecule has 0 unspecified atom stereocenters. The fourth-order valence-electron chi connectivity index (χ4n) is 2.23. The van der Waals surface area contributed by atoms with Crippen molar-refractivity contribution in [3.63, 3.8) is 0 Å². The van der Waals surface area contributed by atoms with Crippen LogP contribution in [0.4, 0.5) is 5.69 Å². The number of hydrogen-bond donors (Lipinski definition) is 1. The molecule has 0 radical (unpaired) electrons. The molecule has 0 saturated carbocycles. The average molecular weight is 251 g/mol. The summed E-state index contributed by atoms with van der Waals surface area (Å²) in [5, 5.41) is 4.59. The van der Waals surface area contributed by atoms with Gasteiger partial charge in [-0.15, -0.1) is 0 Å². The molecule has 0 aliphatic rings. The van der Waals surface area contributed by atoms with Crippen LogP contribution in [-0.4, -0.2) is 0 Å². The van der Waals surface area contributed by atoms with Crippen LogP contribution in [0.3, 0.4) is 0 Å². The normalized spacial score (nSPS) is 10.8. The third kappa shape index (κ3) is 2.48. The highest BCUT2D eigenvalue weighted by Gasteiger charge is 2.04. The predicted octanol–water partition coefficient (Wildman–Crippen LogP) is 4.66. The van der Waals surface area contributed by atoms with Crippen LogP contribution in [0.25, 0.3) is 11.0 Å². The third-order valence-electron chi connectivity index (χ3n) is 3.32. The first-order valence-corrected chi connectivity index (χ1v) is 6.51. The maximum atomic E-state index is 5.80. The molecule has 0 bridgehead atoms. The first-order valence-electron chi connectivity index (χ1n) is 6.51. The van der Waals surface area contributed by atoms with Gasteiger partial charge < -0.3 is 9.73 Å². The molecule has 0 fully saturated rings. The van der Waals surface area contributed by atoms with Crippen molar-refractivity contribution in [3.05, 3.63) is 65.4 Å². The van der Waals surface area contributed by atoms with E-state index in [9.17, 15) is 0 Å². The molecule has 0 aliphatic carbocycles. The first kappa shape index (κ1) is 11.8. The Bertz CT molecular complexity index is 679. The van der Waals surface area contributed by atoms with Gasteiger partial charge in [0, 0.05) is 11.1 Å². The van der Waals surface area contributed by atoms with E-state index in [2.05, 4.69) is 49.5 Å². The molecule has 0 aliphatic heterocycles. The van der Waals surface area contributed by atoms with E-state index in [1.165, 1.54) is 16.8 Å². The number of fused-ring (bicyclic) bond motifs is 1. The monoisotopic (exact) mass is 251 g/mol. The molecule has 2 heteroatoms. The van der Waals surface area contributed by atoms with Crippen molar-refractivity contribution in [1.29, 1.82) is 0 Å². The van der Waals surface area contributed by atoms with Gasteiger partial charge in [-0.2, -0.15) is 0 Å². The van der Waals surface area contributed by atoms with Crippen LogP contribution in [0.1, 0.15) is 16.9 Å². The summed E-state index contributed by atoms with van der Waals surface area (Å²) >= 11 is 0. The fraction of sp³-hybridized carbons (Fsp3) is 0.176. The van der Waals surface area contributed by atoms with E-state index in [1.807, 2.05) is 18.2 Å². The molecule has 2 nitrogen and oxygen atoms in total. The Balaban J connectivity index is 1.80. The van der Waals surface area contributed by atoms with Gasteiger partial charge in [-0.1, -0.05) is 30.3 Å². The second kappa shape index (κ2) is 4.81. The summed E-state index contributed by atoms with van der Waals surface area (Å²) in [4.78, 5) is 0. The van der Waals surface area contributed by atoms with Crippen molar-refractivity contribution in [3.8, 4) is 0 Å². The van der Waals surface area contributed by atoms with E-state index in [1.54, 1.807) is 0 Å². The molecule has 0 atom stereocenters. The standard InChI is InChI=1S/C17H17NO/c1-12-7-8-13(2)16(9-12)18-11-15-10-14-5-3-4-6-17(14)19-15/h3-10,18H,11H2,1-2H3. The van der Waals surface area contributed by atoms with Crippen molar-refractivity contribution in [2.24, 2.45) is 0 Å².